The van der Waals surface area contributed by atoms with Gasteiger partial charge in [-0.05, 0) is 30.2 Å². The third-order valence-electron chi connectivity index (χ3n) is 2.43. The van der Waals surface area contributed by atoms with E-state index in [0.717, 1.165) is 11.1 Å². The first kappa shape index (κ1) is 10.5. The second-order valence-electron chi connectivity index (χ2n) is 3.65. The van der Waals surface area contributed by atoms with Crippen LogP contribution in [0.5, 0.6) is 0 Å². The molecule has 0 radical (unpaired) electrons. The molecule has 2 heterocycles. The third kappa shape index (κ3) is 2.31. The van der Waals surface area contributed by atoms with Crippen LogP contribution in [0.2, 0.25) is 0 Å². The quantitative estimate of drug-likeness (QED) is 0.732. The van der Waals surface area contributed by atoms with Crippen molar-refractivity contribution in [1.29, 1.82) is 0 Å². The zero-order chi connectivity index (χ0) is 11.4. The lowest BCUT2D eigenvalue weighted by Crippen LogP contribution is -2.06. The molecule has 0 aromatic carbocycles. The minimum Gasteiger partial charge on any atom is -0.294 e. The summed E-state index contributed by atoms with van der Waals surface area (Å²) in [5.74, 6) is 0.0820. The molecule has 80 valence electrons. The molecule has 3 heteroatoms. The monoisotopic (exact) mass is 212 g/mol. The van der Waals surface area contributed by atoms with Crippen molar-refractivity contribution in [3.05, 3.63) is 59.7 Å². The Morgan fingerprint density at radius 2 is 2.00 bits per heavy atom. The Hall–Kier alpha value is -2.03. The van der Waals surface area contributed by atoms with E-state index in [-0.39, 0.29) is 5.78 Å². The molecule has 16 heavy (non-hydrogen) atoms. The number of carbonyl (C=O) groups is 1. The summed E-state index contributed by atoms with van der Waals surface area (Å²) in [7, 11) is 0. The Bertz CT molecular complexity index is 494. The molecule has 2 aromatic heterocycles. The van der Waals surface area contributed by atoms with Gasteiger partial charge in [0.25, 0.3) is 0 Å². The van der Waals surface area contributed by atoms with Crippen LogP contribution < -0.4 is 0 Å². The summed E-state index contributed by atoms with van der Waals surface area (Å²) in [6.45, 7) is 1.91. The van der Waals surface area contributed by atoms with Crippen LogP contribution in [0.4, 0.5) is 0 Å². The van der Waals surface area contributed by atoms with Crippen molar-refractivity contribution >= 4 is 5.78 Å². The van der Waals surface area contributed by atoms with Gasteiger partial charge in [-0.25, -0.2) is 0 Å². The number of aryl methyl sites for hydroxylation is 1. The molecule has 0 fully saturated rings. The van der Waals surface area contributed by atoms with Crippen LogP contribution in [0.1, 0.15) is 21.5 Å². The molecule has 0 N–H and O–H groups in total. The topological polar surface area (TPSA) is 42.9 Å². The second-order valence-corrected chi connectivity index (χ2v) is 3.65. The Labute approximate surface area is 94.2 Å². The molecule has 0 unspecified atom stereocenters. The van der Waals surface area contributed by atoms with Crippen LogP contribution in [0.25, 0.3) is 0 Å². The number of Topliss-reactive ketones (excluding diaryl/α,β-unsaturated/α-hetero) is 1. The zero-order valence-corrected chi connectivity index (χ0v) is 9.05. The molecule has 2 rings (SSSR count). The molecule has 0 aliphatic heterocycles. The van der Waals surface area contributed by atoms with Gasteiger partial charge in [-0.1, -0.05) is 6.07 Å². The van der Waals surface area contributed by atoms with Gasteiger partial charge in [-0.15, -0.1) is 0 Å². The number of pyridine rings is 2. The van der Waals surface area contributed by atoms with Crippen molar-refractivity contribution in [2.24, 2.45) is 0 Å². The first-order chi connectivity index (χ1) is 7.77. The number of hydrogen-bond donors (Lipinski definition) is 0. The van der Waals surface area contributed by atoms with Crippen molar-refractivity contribution in [3.63, 3.8) is 0 Å². The van der Waals surface area contributed by atoms with Gasteiger partial charge < -0.3 is 0 Å². The Morgan fingerprint density at radius 1 is 1.19 bits per heavy atom. The SMILES string of the molecule is Cc1ccncc1C(=O)Cc1cccnc1. The van der Waals surface area contributed by atoms with E-state index in [1.807, 2.05) is 25.1 Å². The molecule has 2 aromatic rings. The fourth-order valence-electron chi connectivity index (χ4n) is 1.54. The van der Waals surface area contributed by atoms with Crippen LogP contribution in [-0.4, -0.2) is 15.8 Å². The average Bonchev–Trinajstić information content (AvgIpc) is 2.31. The smallest absolute Gasteiger partial charge is 0.169 e. The largest absolute Gasteiger partial charge is 0.294 e. The number of rotatable bonds is 3. The molecule has 0 spiro atoms. The van der Waals surface area contributed by atoms with Gasteiger partial charge in [-0.3, -0.25) is 14.8 Å². The maximum atomic E-state index is 12.0. The van der Waals surface area contributed by atoms with E-state index >= 15 is 0 Å². The predicted octanol–water partition coefficient (Wildman–Crippen LogP) is 2.21. The summed E-state index contributed by atoms with van der Waals surface area (Å²) in [5, 5.41) is 0. The van der Waals surface area contributed by atoms with Crippen molar-refractivity contribution in [2.45, 2.75) is 13.3 Å². The summed E-state index contributed by atoms with van der Waals surface area (Å²) < 4.78 is 0. The molecule has 0 atom stereocenters. The molecule has 0 saturated carbocycles. The van der Waals surface area contributed by atoms with Gasteiger partial charge in [0, 0.05) is 36.8 Å². The molecule has 0 aliphatic carbocycles. The highest BCUT2D eigenvalue weighted by molar-refractivity contribution is 5.98. The Morgan fingerprint density at radius 3 is 2.69 bits per heavy atom. The maximum Gasteiger partial charge on any atom is 0.169 e. The van der Waals surface area contributed by atoms with E-state index in [4.69, 9.17) is 0 Å². The van der Waals surface area contributed by atoms with E-state index in [1.54, 1.807) is 24.8 Å². The number of nitrogens with zero attached hydrogens (tertiary/aromatic N) is 2. The molecular weight excluding hydrogens is 200 g/mol. The third-order valence-corrected chi connectivity index (χ3v) is 2.43. The predicted molar refractivity (Wildman–Crippen MR) is 61.2 cm³/mol. The summed E-state index contributed by atoms with van der Waals surface area (Å²) in [5.41, 5.74) is 2.57. The summed E-state index contributed by atoms with van der Waals surface area (Å²) >= 11 is 0. The van der Waals surface area contributed by atoms with Crippen molar-refractivity contribution in [1.82, 2.24) is 9.97 Å². The molecular formula is C13H12N2O. The highest BCUT2D eigenvalue weighted by Crippen LogP contribution is 2.09. The zero-order valence-electron chi connectivity index (χ0n) is 9.05. The van der Waals surface area contributed by atoms with Gasteiger partial charge in [0.15, 0.2) is 5.78 Å². The van der Waals surface area contributed by atoms with Gasteiger partial charge in [-0.2, -0.15) is 0 Å². The summed E-state index contributed by atoms with van der Waals surface area (Å²) in [4.78, 5) is 19.9. The van der Waals surface area contributed by atoms with Crippen LogP contribution in [0.15, 0.2) is 43.0 Å². The van der Waals surface area contributed by atoms with Gasteiger partial charge in [0.2, 0.25) is 0 Å². The van der Waals surface area contributed by atoms with E-state index < -0.39 is 0 Å². The maximum absolute atomic E-state index is 12.0. The fourth-order valence-corrected chi connectivity index (χ4v) is 1.54. The van der Waals surface area contributed by atoms with Gasteiger partial charge in [0.05, 0.1) is 0 Å². The highest BCUT2D eigenvalue weighted by atomic mass is 16.1. The molecule has 0 saturated heterocycles. The standard InChI is InChI=1S/C13H12N2O/c1-10-4-6-15-9-12(10)13(16)7-11-3-2-5-14-8-11/h2-6,8-9H,7H2,1H3. The first-order valence-corrected chi connectivity index (χ1v) is 5.10. The lowest BCUT2D eigenvalue weighted by molar-refractivity contribution is 0.0992. The van der Waals surface area contributed by atoms with E-state index in [1.165, 1.54) is 0 Å². The van der Waals surface area contributed by atoms with Crippen molar-refractivity contribution in [2.75, 3.05) is 0 Å². The highest BCUT2D eigenvalue weighted by Gasteiger charge is 2.09. The summed E-state index contributed by atoms with van der Waals surface area (Å²) in [6.07, 6.45) is 7.09. The van der Waals surface area contributed by atoms with E-state index in [2.05, 4.69) is 9.97 Å². The average molecular weight is 212 g/mol. The van der Waals surface area contributed by atoms with Crippen LogP contribution in [0.3, 0.4) is 0 Å². The molecule has 3 nitrogen and oxygen atoms in total. The van der Waals surface area contributed by atoms with E-state index in [0.29, 0.717) is 12.0 Å². The first-order valence-electron chi connectivity index (χ1n) is 5.10. The molecule has 0 amide bonds. The molecule has 0 bridgehead atoms. The normalized spacial score (nSPS) is 10.1. The van der Waals surface area contributed by atoms with Crippen LogP contribution in [0, 0.1) is 6.92 Å². The lowest BCUT2D eigenvalue weighted by Gasteiger charge is -2.03. The van der Waals surface area contributed by atoms with Crippen molar-refractivity contribution in [3.8, 4) is 0 Å². The number of hydrogen-bond acceptors (Lipinski definition) is 3. The minimum absolute atomic E-state index is 0.0820. The molecule has 0 aliphatic rings. The summed E-state index contributed by atoms with van der Waals surface area (Å²) in [6, 6.07) is 5.58. The number of aromatic nitrogens is 2. The van der Waals surface area contributed by atoms with Crippen LogP contribution in [-0.2, 0) is 6.42 Å². The van der Waals surface area contributed by atoms with Crippen molar-refractivity contribution < 1.29 is 4.79 Å². The lowest BCUT2D eigenvalue weighted by atomic mass is 10.0. The van der Waals surface area contributed by atoms with Gasteiger partial charge >= 0.3 is 0 Å². The number of ketones is 1. The Kier molecular flexibility index (Phi) is 3.05. The number of carbonyl (C=O) groups excluding carboxylic acids is 1. The Balaban J connectivity index is 2.19. The van der Waals surface area contributed by atoms with Crippen LogP contribution >= 0.6 is 0 Å². The fraction of sp³-hybridized carbons (Fsp3) is 0.154. The van der Waals surface area contributed by atoms with Gasteiger partial charge in [0.1, 0.15) is 0 Å². The van der Waals surface area contributed by atoms with E-state index in [9.17, 15) is 4.79 Å². The minimum atomic E-state index is 0.0820. The second kappa shape index (κ2) is 4.66.